The summed E-state index contributed by atoms with van der Waals surface area (Å²) in [7, 11) is 4.80. The predicted octanol–water partition coefficient (Wildman–Crippen LogP) is 1.71. The van der Waals surface area contributed by atoms with Crippen LogP contribution in [-0.2, 0) is 12.8 Å². The van der Waals surface area contributed by atoms with Gasteiger partial charge < -0.3 is 33.8 Å². The smallest absolute Gasteiger partial charge is 0.129 e. The van der Waals surface area contributed by atoms with Gasteiger partial charge in [0, 0.05) is 18.7 Å². The first-order valence-corrected chi connectivity index (χ1v) is 10.6. The van der Waals surface area contributed by atoms with Crippen molar-refractivity contribution >= 4 is 5.82 Å². The number of hydrogen-bond acceptors (Lipinski definition) is 2. The standard InChI is InChI=1S/C24H34N3.HI/c1-18-11-12-23(21-16-19-8-4-5-9-20(19)17-21)24(26-18)25-14-13-22-10-6-7-15-27(22,2)3;/h4-5,8-9,11-12,21-22H,6-7,10,13-17H2,1-3H3,(H,25,26);1H/q+1;/p-1. The largest absolute Gasteiger partial charge is 1.00 e. The SMILES string of the molecule is Cc1ccc(C2Cc3ccccc3C2)c(NCCC2CCCC[N+]2(C)C)n1.[I-]. The van der Waals surface area contributed by atoms with Gasteiger partial charge in [0.05, 0.1) is 26.7 Å². The van der Waals surface area contributed by atoms with Crippen LogP contribution in [0.5, 0.6) is 0 Å². The first-order valence-electron chi connectivity index (χ1n) is 10.6. The van der Waals surface area contributed by atoms with E-state index in [1.165, 1.54) is 53.4 Å². The van der Waals surface area contributed by atoms with Gasteiger partial charge >= 0.3 is 0 Å². The molecule has 1 saturated heterocycles. The number of fused-ring (bicyclic) bond motifs is 1. The molecule has 28 heavy (non-hydrogen) atoms. The molecule has 1 aliphatic carbocycles. The molecule has 1 aromatic carbocycles. The minimum Gasteiger partial charge on any atom is -1.00 e. The zero-order chi connectivity index (χ0) is 18.9. The fourth-order valence-electron chi connectivity index (χ4n) is 5.10. The molecule has 1 fully saturated rings. The maximum Gasteiger partial charge on any atom is 0.129 e. The van der Waals surface area contributed by atoms with Crippen LogP contribution in [0.1, 0.15) is 54.0 Å². The zero-order valence-electron chi connectivity index (χ0n) is 17.5. The lowest BCUT2D eigenvalue weighted by atomic mass is 9.95. The summed E-state index contributed by atoms with van der Waals surface area (Å²) < 4.78 is 1.17. The van der Waals surface area contributed by atoms with Crippen LogP contribution < -0.4 is 29.3 Å². The van der Waals surface area contributed by atoms with Crippen LogP contribution in [0.4, 0.5) is 5.82 Å². The molecule has 1 aliphatic heterocycles. The molecule has 0 amide bonds. The molecule has 1 unspecified atom stereocenters. The molecule has 1 N–H and O–H groups in total. The molecule has 0 spiro atoms. The Hall–Kier alpha value is -1.14. The van der Waals surface area contributed by atoms with Crippen LogP contribution >= 0.6 is 0 Å². The number of aryl methyl sites for hydroxylation is 1. The predicted molar refractivity (Wildman–Crippen MR) is 113 cm³/mol. The van der Waals surface area contributed by atoms with Crippen LogP contribution in [0.25, 0.3) is 0 Å². The first kappa shape index (κ1) is 21.6. The Morgan fingerprint density at radius 1 is 1.04 bits per heavy atom. The van der Waals surface area contributed by atoms with E-state index in [9.17, 15) is 0 Å². The number of rotatable bonds is 5. The molecule has 4 heteroatoms. The molecule has 152 valence electrons. The molecule has 2 aliphatic rings. The fourth-order valence-corrected chi connectivity index (χ4v) is 5.10. The van der Waals surface area contributed by atoms with Crippen LogP contribution in [0, 0.1) is 6.92 Å². The van der Waals surface area contributed by atoms with Crippen molar-refractivity contribution in [3.63, 3.8) is 0 Å². The summed E-state index contributed by atoms with van der Waals surface area (Å²) in [5, 5.41) is 3.72. The van der Waals surface area contributed by atoms with E-state index in [1.54, 1.807) is 0 Å². The second-order valence-corrected chi connectivity index (χ2v) is 9.13. The van der Waals surface area contributed by atoms with Crippen molar-refractivity contribution in [1.29, 1.82) is 0 Å². The number of anilines is 1. The van der Waals surface area contributed by atoms with E-state index in [0.717, 1.165) is 36.9 Å². The molecule has 0 bridgehead atoms. The third kappa shape index (κ3) is 4.70. The Bertz CT molecular complexity index is 777. The maximum absolute atomic E-state index is 4.88. The number of likely N-dealkylation sites (tertiary alicyclic amines) is 1. The number of aromatic nitrogens is 1. The van der Waals surface area contributed by atoms with Crippen LogP contribution in [0.2, 0.25) is 0 Å². The van der Waals surface area contributed by atoms with Gasteiger partial charge in [0.25, 0.3) is 0 Å². The van der Waals surface area contributed by atoms with Gasteiger partial charge in [0.2, 0.25) is 0 Å². The van der Waals surface area contributed by atoms with Gasteiger partial charge in [-0.2, -0.15) is 0 Å². The van der Waals surface area contributed by atoms with Gasteiger partial charge in [0.15, 0.2) is 0 Å². The van der Waals surface area contributed by atoms with Crippen molar-refractivity contribution in [2.45, 2.75) is 57.4 Å². The van der Waals surface area contributed by atoms with Crippen molar-refractivity contribution in [3.8, 4) is 0 Å². The number of nitrogens with one attached hydrogen (secondary N) is 1. The Labute approximate surface area is 187 Å². The molecule has 2 aromatic rings. The zero-order valence-corrected chi connectivity index (χ0v) is 19.7. The summed E-state index contributed by atoms with van der Waals surface area (Å²) in [6, 6.07) is 14.2. The van der Waals surface area contributed by atoms with E-state index >= 15 is 0 Å². The second-order valence-electron chi connectivity index (χ2n) is 9.13. The highest BCUT2D eigenvalue weighted by molar-refractivity contribution is 5.50. The molecule has 1 atom stereocenters. The summed E-state index contributed by atoms with van der Waals surface area (Å²) in [4.78, 5) is 4.88. The third-order valence-corrected chi connectivity index (χ3v) is 6.84. The number of benzene rings is 1. The Morgan fingerprint density at radius 2 is 1.75 bits per heavy atom. The Kier molecular flexibility index (Phi) is 7.02. The van der Waals surface area contributed by atoms with Gasteiger partial charge in [-0.3, -0.25) is 0 Å². The highest BCUT2D eigenvalue weighted by Gasteiger charge is 2.31. The lowest BCUT2D eigenvalue weighted by Gasteiger charge is -2.41. The van der Waals surface area contributed by atoms with E-state index in [2.05, 4.69) is 62.7 Å². The van der Waals surface area contributed by atoms with Crippen LogP contribution in [0.15, 0.2) is 36.4 Å². The van der Waals surface area contributed by atoms with Gasteiger partial charge in [0.1, 0.15) is 5.82 Å². The van der Waals surface area contributed by atoms with Gasteiger partial charge in [-0.05, 0) is 67.7 Å². The molecule has 3 nitrogen and oxygen atoms in total. The Balaban J connectivity index is 0.00000225. The van der Waals surface area contributed by atoms with E-state index < -0.39 is 0 Å². The van der Waals surface area contributed by atoms with Gasteiger partial charge in [-0.15, -0.1) is 0 Å². The van der Waals surface area contributed by atoms with Crippen LogP contribution in [0.3, 0.4) is 0 Å². The number of halogens is 1. The van der Waals surface area contributed by atoms with Crippen LogP contribution in [-0.4, -0.2) is 42.7 Å². The quantitative estimate of drug-likeness (QED) is 0.509. The lowest BCUT2D eigenvalue weighted by molar-refractivity contribution is -0.920. The molecule has 0 radical (unpaired) electrons. The average Bonchev–Trinajstić information content (AvgIpc) is 3.07. The highest BCUT2D eigenvalue weighted by atomic mass is 127. The average molecular weight is 491 g/mol. The second kappa shape index (κ2) is 9.12. The molecule has 1 aromatic heterocycles. The topological polar surface area (TPSA) is 24.9 Å². The van der Waals surface area contributed by atoms with E-state index in [4.69, 9.17) is 4.98 Å². The van der Waals surface area contributed by atoms with Crippen molar-refractivity contribution in [1.82, 2.24) is 4.98 Å². The number of hydrogen-bond donors (Lipinski definition) is 1. The summed E-state index contributed by atoms with van der Waals surface area (Å²) in [6.45, 7) is 4.44. The van der Waals surface area contributed by atoms with Crippen molar-refractivity contribution in [3.05, 3.63) is 58.8 Å². The van der Waals surface area contributed by atoms with Crippen molar-refractivity contribution in [2.75, 3.05) is 32.5 Å². The lowest BCUT2D eigenvalue weighted by Crippen LogP contribution is -3.00. The third-order valence-electron chi connectivity index (χ3n) is 6.84. The maximum atomic E-state index is 4.88. The highest BCUT2D eigenvalue weighted by Crippen LogP contribution is 2.36. The summed E-state index contributed by atoms with van der Waals surface area (Å²) >= 11 is 0. The molecule has 4 rings (SSSR count). The van der Waals surface area contributed by atoms with Crippen molar-refractivity contribution in [2.24, 2.45) is 0 Å². The minimum atomic E-state index is 0. The Morgan fingerprint density at radius 3 is 2.43 bits per heavy atom. The summed E-state index contributed by atoms with van der Waals surface area (Å²) in [5.41, 5.74) is 5.52. The number of quaternary nitrogens is 1. The summed E-state index contributed by atoms with van der Waals surface area (Å²) in [5.74, 6) is 1.67. The summed E-state index contributed by atoms with van der Waals surface area (Å²) in [6.07, 6.45) is 7.64. The van der Waals surface area contributed by atoms with E-state index in [1.807, 2.05) is 0 Å². The normalized spacial score (nSPS) is 21.0. The fraction of sp³-hybridized carbons (Fsp3) is 0.542. The van der Waals surface area contributed by atoms with Gasteiger partial charge in [-0.25, -0.2) is 4.98 Å². The molecule has 2 heterocycles. The van der Waals surface area contributed by atoms with E-state index in [0.29, 0.717) is 5.92 Å². The van der Waals surface area contributed by atoms with Crippen molar-refractivity contribution < 1.29 is 28.5 Å². The minimum absolute atomic E-state index is 0. The first-order chi connectivity index (χ1) is 13.0. The molecule has 0 saturated carbocycles. The molecular weight excluding hydrogens is 457 g/mol. The number of pyridine rings is 1. The number of piperidine rings is 1. The monoisotopic (exact) mass is 491 g/mol. The molecular formula is C24H34IN3. The van der Waals surface area contributed by atoms with E-state index in [-0.39, 0.29) is 24.0 Å². The number of nitrogens with zero attached hydrogens (tertiary/aromatic N) is 2. The van der Waals surface area contributed by atoms with Gasteiger partial charge in [-0.1, -0.05) is 30.3 Å².